The van der Waals surface area contributed by atoms with Crippen LogP contribution in [0, 0.1) is 6.92 Å². The van der Waals surface area contributed by atoms with E-state index in [0.29, 0.717) is 34.1 Å². The molecule has 0 unspecified atom stereocenters. The number of aromatic nitrogens is 8. The molecule has 4 aromatic rings. The summed E-state index contributed by atoms with van der Waals surface area (Å²) in [6.45, 7) is 2.06. The molecule has 130 valence electrons. The van der Waals surface area contributed by atoms with E-state index in [0.717, 1.165) is 5.82 Å². The first-order chi connectivity index (χ1) is 12.6. The SMILES string of the molecule is Cc1nc2c(C(=O)NCc3nc(-c4cnccn4)n[nH]3)ccnc2n1C. The van der Waals surface area contributed by atoms with Gasteiger partial charge in [-0.15, -0.1) is 0 Å². The molecular weight excluding hydrogens is 334 g/mol. The predicted molar refractivity (Wildman–Crippen MR) is 91.8 cm³/mol. The van der Waals surface area contributed by atoms with E-state index in [4.69, 9.17) is 0 Å². The van der Waals surface area contributed by atoms with Crippen LogP contribution in [0.4, 0.5) is 0 Å². The van der Waals surface area contributed by atoms with Gasteiger partial charge < -0.3 is 9.88 Å². The molecule has 0 radical (unpaired) electrons. The van der Waals surface area contributed by atoms with E-state index in [2.05, 4.69) is 40.4 Å². The van der Waals surface area contributed by atoms with Gasteiger partial charge in [-0.05, 0) is 13.0 Å². The van der Waals surface area contributed by atoms with Crippen molar-refractivity contribution in [3.05, 3.63) is 48.1 Å². The molecule has 0 aliphatic heterocycles. The number of hydrogen-bond acceptors (Lipinski definition) is 7. The molecule has 0 saturated carbocycles. The molecule has 2 N–H and O–H groups in total. The third kappa shape index (κ3) is 2.77. The quantitative estimate of drug-likeness (QED) is 0.557. The second kappa shape index (κ2) is 6.31. The average molecular weight is 349 g/mol. The highest BCUT2D eigenvalue weighted by atomic mass is 16.1. The zero-order valence-electron chi connectivity index (χ0n) is 14.1. The summed E-state index contributed by atoms with van der Waals surface area (Å²) < 4.78 is 1.84. The van der Waals surface area contributed by atoms with Crippen molar-refractivity contribution in [2.75, 3.05) is 0 Å². The highest BCUT2D eigenvalue weighted by molar-refractivity contribution is 6.04. The third-order valence-electron chi connectivity index (χ3n) is 3.97. The van der Waals surface area contributed by atoms with Crippen LogP contribution in [0.2, 0.25) is 0 Å². The number of aryl methyl sites for hydroxylation is 2. The molecule has 4 rings (SSSR count). The van der Waals surface area contributed by atoms with Crippen LogP contribution in [0.15, 0.2) is 30.9 Å². The Labute approximate surface area is 147 Å². The predicted octanol–water partition coefficient (Wildman–Crippen LogP) is 0.782. The number of nitrogens with one attached hydrogen (secondary N) is 2. The van der Waals surface area contributed by atoms with Crippen molar-refractivity contribution in [1.29, 1.82) is 0 Å². The van der Waals surface area contributed by atoms with Crippen LogP contribution in [-0.4, -0.2) is 45.6 Å². The first-order valence-corrected chi connectivity index (χ1v) is 7.87. The van der Waals surface area contributed by atoms with Gasteiger partial charge in [-0.3, -0.25) is 14.9 Å². The first-order valence-electron chi connectivity index (χ1n) is 7.87. The second-order valence-corrected chi connectivity index (χ2v) is 5.63. The minimum atomic E-state index is -0.257. The van der Waals surface area contributed by atoms with E-state index in [1.807, 2.05) is 18.5 Å². The highest BCUT2D eigenvalue weighted by Crippen LogP contribution is 2.16. The van der Waals surface area contributed by atoms with Gasteiger partial charge in [-0.25, -0.2) is 19.9 Å². The number of aromatic amines is 1. The second-order valence-electron chi connectivity index (χ2n) is 5.63. The largest absolute Gasteiger partial charge is 0.345 e. The molecule has 0 aliphatic rings. The van der Waals surface area contributed by atoms with Crippen molar-refractivity contribution in [3.63, 3.8) is 0 Å². The number of fused-ring (bicyclic) bond motifs is 1. The summed E-state index contributed by atoms with van der Waals surface area (Å²) in [6.07, 6.45) is 6.31. The molecule has 4 aromatic heterocycles. The Morgan fingerprint density at radius 3 is 2.92 bits per heavy atom. The molecule has 0 atom stereocenters. The number of pyridine rings is 1. The van der Waals surface area contributed by atoms with Gasteiger partial charge in [0.2, 0.25) is 5.82 Å². The standard InChI is InChI=1S/C16H15N9O/c1-9-21-13-10(3-4-19-15(13)25(9)2)16(26)20-8-12-22-14(24-23-12)11-7-17-5-6-18-11/h3-7H,8H2,1-2H3,(H,20,26)(H,22,23,24). The Morgan fingerprint density at radius 2 is 2.12 bits per heavy atom. The van der Waals surface area contributed by atoms with Gasteiger partial charge in [0.1, 0.15) is 22.9 Å². The van der Waals surface area contributed by atoms with Gasteiger partial charge in [0.25, 0.3) is 5.91 Å². The smallest absolute Gasteiger partial charge is 0.254 e. The molecule has 0 aliphatic carbocycles. The number of hydrogen-bond donors (Lipinski definition) is 2. The van der Waals surface area contributed by atoms with Crippen LogP contribution >= 0.6 is 0 Å². The molecule has 10 heteroatoms. The molecule has 0 bridgehead atoms. The summed E-state index contributed by atoms with van der Waals surface area (Å²) in [5.74, 6) is 1.47. The van der Waals surface area contributed by atoms with Crippen LogP contribution in [0.25, 0.3) is 22.7 Å². The molecule has 0 spiro atoms. The number of H-pyrrole nitrogens is 1. The van der Waals surface area contributed by atoms with E-state index in [-0.39, 0.29) is 12.5 Å². The van der Waals surface area contributed by atoms with E-state index < -0.39 is 0 Å². The Balaban J connectivity index is 1.52. The van der Waals surface area contributed by atoms with Crippen molar-refractivity contribution >= 4 is 17.1 Å². The van der Waals surface area contributed by atoms with Crippen molar-refractivity contribution in [2.45, 2.75) is 13.5 Å². The van der Waals surface area contributed by atoms with Crippen molar-refractivity contribution in [1.82, 2.24) is 45.0 Å². The zero-order chi connectivity index (χ0) is 18.1. The molecule has 0 aromatic carbocycles. The molecular formula is C16H15N9O. The fourth-order valence-electron chi connectivity index (χ4n) is 2.53. The summed E-state index contributed by atoms with van der Waals surface area (Å²) in [4.78, 5) is 33.7. The Hall–Kier alpha value is -3.69. The summed E-state index contributed by atoms with van der Waals surface area (Å²) in [5, 5.41) is 9.69. The molecule has 26 heavy (non-hydrogen) atoms. The Kier molecular flexibility index (Phi) is 3.84. The molecule has 0 fully saturated rings. The first kappa shape index (κ1) is 15.8. The Bertz CT molecular complexity index is 1080. The van der Waals surface area contributed by atoms with E-state index in [1.54, 1.807) is 30.9 Å². The van der Waals surface area contributed by atoms with Crippen LogP contribution in [0.1, 0.15) is 22.0 Å². The average Bonchev–Trinajstić information content (AvgIpc) is 3.26. The molecule has 0 saturated heterocycles. The van der Waals surface area contributed by atoms with Crippen molar-refractivity contribution in [2.24, 2.45) is 7.05 Å². The van der Waals surface area contributed by atoms with Crippen molar-refractivity contribution < 1.29 is 4.79 Å². The van der Waals surface area contributed by atoms with E-state index >= 15 is 0 Å². The van der Waals surface area contributed by atoms with E-state index in [9.17, 15) is 4.79 Å². The maximum absolute atomic E-state index is 12.6. The number of imidazole rings is 1. The number of amides is 1. The molecule has 1 amide bonds. The summed E-state index contributed by atoms with van der Waals surface area (Å²) in [7, 11) is 1.86. The number of carbonyl (C=O) groups is 1. The number of carbonyl (C=O) groups excluding carboxylic acids is 1. The lowest BCUT2D eigenvalue weighted by atomic mass is 10.2. The third-order valence-corrected chi connectivity index (χ3v) is 3.97. The topological polar surface area (TPSA) is 127 Å². The number of nitrogens with zero attached hydrogens (tertiary/aromatic N) is 7. The summed E-state index contributed by atoms with van der Waals surface area (Å²) >= 11 is 0. The lowest BCUT2D eigenvalue weighted by Crippen LogP contribution is -2.23. The zero-order valence-corrected chi connectivity index (χ0v) is 14.1. The minimum absolute atomic E-state index is 0.196. The fourth-order valence-corrected chi connectivity index (χ4v) is 2.53. The lowest BCUT2D eigenvalue weighted by molar-refractivity contribution is 0.0951. The summed E-state index contributed by atoms with van der Waals surface area (Å²) in [6, 6.07) is 1.65. The van der Waals surface area contributed by atoms with Crippen LogP contribution in [-0.2, 0) is 13.6 Å². The Morgan fingerprint density at radius 1 is 1.23 bits per heavy atom. The highest BCUT2D eigenvalue weighted by Gasteiger charge is 2.16. The summed E-state index contributed by atoms with van der Waals surface area (Å²) in [5.41, 5.74) is 2.26. The fraction of sp³-hybridized carbons (Fsp3) is 0.188. The van der Waals surface area contributed by atoms with Gasteiger partial charge in [0.05, 0.1) is 18.3 Å². The van der Waals surface area contributed by atoms with Crippen molar-refractivity contribution in [3.8, 4) is 11.5 Å². The maximum Gasteiger partial charge on any atom is 0.254 e. The number of rotatable bonds is 4. The van der Waals surface area contributed by atoms with Gasteiger partial charge >= 0.3 is 0 Å². The molecule has 10 nitrogen and oxygen atoms in total. The normalized spacial score (nSPS) is 11.0. The van der Waals surface area contributed by atoms with Gasteiger partial charge in [0.15, 0.2) is 5.65 Å². The van der Waals surface area contributed by atoms with Crippen LogP contribution < -0.4 is 5.32 Å². The van der Waals surface area contributed by atoms with Gasteiger partial charge in [-0.1, -0.05) is 0 Å². The molecule has 4 heterocycles. The van der Waals surface area contributed by atoms with Crippen LogP contribution in [0.3, 0.4) is 0 Å². The minimum Gasteiger partial charge on any atom is -0.345 e. The van der Waals surface area contributed by atoms with Gasteiger partial charge in [-0.2, -0.15) is 5.10 Å². The van der Waals surface area contributed by atoms with Crippen LogP contribution in [0.5, 0.6) is 0 Å². The maximum atomic E-state index is 12.6. The monoisotopic (exact) mass is 349 g/mol. The lowest BCUT2D eigenvalue weighted by Gasteiger charge is -2.03. The van der Waals surface area contributed by atoms with E-state index in [1.165, 1.54) is 0 Å². The van der Waals surface area contributed by atoms with Gasteiger partial charge in [0, 0.05) is 25.6 Å².